The van der Waals surface area contributed by atoms with Gasteiger partial charge in [-0.15, -0.1) is 0 Å². The summed E-state index contributed by atoms with van der Waals surface area (Å²) in [5.74, 6) is 0.0900. The quantitative estimate of drug-likeness (QED) is 0.772. The Morgan fingerprint density at radius 2 is 2.18 bits per heavy atom. The average Bonchev–Trinajstić information content (AvgIpc) is 2.42. The standard InChI is InChI=1S/C9H15N3O4S/c1-9(2,3)16-8(13)12-5-6(4-7(12)10)11-17(14)15/h4-5,11H,10H2,1-3H3,(H,14,15)/p-1. The Hall–Kier alpha value is -1.54. The van der Waals surface area contributed by atoms with Gasteiger partial charge in [-0.2, -0.15) is 0 Å². The van der Waals surface area contributed by atoms with Crippen molar-refractivity contribution in [2.45, 2.75) is 26.4 Å². The number of rotatable bonds is 2. The van der Waals surface area contributed by atoms with Gasteiger partial charge >= 0.3 is 6.09 Å². The van der Waals surface area contributed by atoms with Gasteiger partial charge in [0, 0.05) is 23.5 Å². The van der Waals surface area contributed by atoms with Crippen LogP contribution < -0.4 is 10.5 Å². The number of ether oxygens (including phenoxy) is 1. The van der Waals surface area contributed by atoms with Crippen LogP contribution in [0.5, 0.6) is 0 Å². The van der Waals surface area contributed by atoms with Crippen LogP contribution in [0.4, 0.5) is 16.3 Å². The molecule has 0 saturated carbocycles. The van der Waals surface area contributed by atoms with Crippen molar-refractivity contribution in [2.24, 2.45) is 0 Å². The molecule has 7 nitrogen and oxygen atoms in total. The van der Waals surface area contributed by atoms with E-state index in [1.807, 2.05) is 0 Å². The molecule has 0 spiro atoms. The maximum Gasteiger partial charge on any atom is 0.420 e. The van der Waals surface area contributed by atoms with Crippen molar-refractivity contribution in [3.8, 4) is 0 Å². The van der Waals surface area contributed by atoms with Gasteiger partial charge in [-0.3, -0.25) is 4.21 Å². The molecule has 1 rings (SSSR count). The minimum absolute atomic E-state index is 0.0900. The minimum Gasteiger partial charge on any atom is -0.755 e. The van der Waals surface area contributed by atoms with Gasteiger partial charge in [0.05, 0.1) is 5.69 Å². The second-order valence-electron chi connectivity index (χ2n) is 4.34. The topological polar surface area (TPSA) is 109 Å². The van der Waals surface area contributed by atoms with Crippen molar-refractivity contribution in [2.75, 3.05) is 10.5 Å². The number of nitrogens with one attached hydrogen (secondary N) is 1. The highest BCUT2D eigenvalue weighted by molar-refractivity contribution is 7.80. The van der Waals surface area contributed by atoms with E-state index in [1.54, 1.807) is 20.8 Å². The van der Waals surface area contributed by atoms with Gasteiger partial charge in [-0.05, 0) is 20.8 Å². The predicted octanol–water partition coefficient (Wildman–Crippen LogP) is 1.06. The highest BCUT2D eigenvalue weighted by atomic mass is 32.2. The smallest absolute Gasteiger partial charge is 0.420 e. The van der Waals surface area contributed by atoms with E-state index in [2.05, 4.69) is 4.72 Å². The molecule has 3 N–H and O–H groups in total. The van der Waals surface area contributed by atoms with Gasteiger partial charge < -0.3 is 19.7 Å². The summed E-state index contributed by atoms with van der Waals surface area (Å²) in [7, 11) is 0. The van der Waals surface area contributed by atoms with Crippen molar-refractivity contribution < 1.29 is 18.3 Å². The van der Waals surface area contributed by atoms with Crippen molar-refractivity contribution in [3.63, 3.8) is 0 Å². The molecule has 1 aromatic heterocycles. The van der Waals surface area contributed by atoms with Crippen LogP contribution in [0, 0.1) is 0 Å². The van der Waals surface area contributed by atoms with Crippen LogP contribution in [0.3, 0.4) is 0 Å². The maximum atomic E-state index is 11.7. The molecular formula is C9H14N3O4S-. The van der Waals surface area contributed by atoms with Crippen LogP contribution in [0.1, 0.15) is 20.8 Å². The highest BCUT2D eigenvalue weighted by Gasteiger charge is 2.19. The third-order valence-corrected chi connectivity index (χ3v) is 2.04. The fourth-order valence-electron chi connectivity index (χ4n) is 1.10. The van der Waals surface area contributed by atoms with Gasteiger partial charge in [0.15, 0.2) is 0 Å². The molecule has 1 atom stereocenters. The first-order valence-electron chi connectivity index (χ1n) is 4.76. The molecule has 8 heteroatoms. The molecule has 1 heterocycles. The van der Waals surface area contributed by atoms with Crippen molar-refractivity contribution in [1.82, 2.24) is 4.57 Å². The van der Waals surface area contributed by atoms with Crippen molar-refractivity contribution in [1.29, 1.82) is 0 Å². The Kier molecular flexibility index (Phi) is 3.79. The lowest BCUT2D eigenvalue weighted by atomic mass is 10.2. The van der Waals surface area contributed by atoms with Gasteiger partial charge in [0.2, 0.25) is 0 Å². The fourth-order valence-corrected chi connectivity index (χ4v) is 1.41. The van der Waals surface area contributed by atoms with E-state index >= 15 is 0 Å². The van der Waals surface area contributed by atoms with E-state index < -0.39 is 23.0 Å². The zero-order chi connectivity index (χ0) is 13.2. The van der Waals surface area contributed by atoms with Crippen molar-refractivity contribution >= 4 is 28.9 Å². The summed E-state index contributed by atoms with van der Waals surface area (Å²) in [5.41, 5.74) is 5.10. The number of nitrogen functional groups attached to an aromatic ring is 1. The minimum atomic E-state index is -2.46. The summed E-state index contributed by atoms with van der Waals surface area (Å²) in [5, 5.41) is 0. The zero-order valence-electron chi connectivity index (χ0n) is 9.72. The predicted molar refractivity (Wildman–Crippen MR) is 63.0 cm³/mol. The second kappa shape index (κ2) is 4.76. The van der Waals surface area contributed by atoms with Gasteiger partial charge in [-0.25, -0.2) is 9.36 Å². The number of anilines is 2. The first-order valence-corrected chi connectivity index (χ1v) is 5.83. The number of carbonyl (C=O) groups is 1. The number of hydrogen-bond acceptors (Lipinski definition) is 5. The zero-order valence-corrected chi connectivity index (χ0v) is 10.5. The first kappa shape index (κ1) is 13.5. The Labute approximate surface area is 101 Å². The fraction of sp³-hybridized carbons (Fsp3) is 0.444. The molecule has 0 radical (unpaired) electrons. The Morgan fingerprint density at radius 3 is 2.65 bits per heavy atom. The van der Waals surface area contributed by atoms with Crippen LogP contribution in [0.15, 0.2) is 12.3 Å². The summed E-state index contributed by atoms with van der Waals surface area (Å²) in [4.78, 5) is 11.7. The summed E-state index contributed by atoms with van der Waals surface area (Å²) in [6, 6.07) is 1.32. The normalized spacial score (nSPS) is 13.2. The lowest BCUT2D eigenvalue weighted by Crippen LogP contribution is -2.27. The number of carbonyl (C=O) groups excluding carboxylic acids is 1. The molecule has 0 aromatic carbocycles. The van der Waals surface area contributed by atoms with Crippen molar-refractivity contribution in [3.05, 3.63) is 12.3 Å². The lowest BCUT2D eigenvalue weighted by Gasteiger charge is -2.19. The third kappa shape index (κ3) is 4.08. The molecule has 0 amide bonds. The molecule has 17 heavy (non-hydrogen) atoms. The maximum absolute atomic E-state index is 11.7. The number of nitrogens with two attached hydrogens (primary N) is 1. The van der Waals surface area contributed by atoms with E-state index in [-0.39, 0.29) is 11.5 Å². The SMILES string of the molecule is CC(C)(C)OC(=O)n1cc(NS(=O)[O-])cc1N. The molecule has 0 aliphatic carbocycles. The van der Waals surface area contributed by atoms with E-state index in [0.29, 0.717) is 0 Å². The number of hydrogen-bond donors (Lipinski definition) is 2. The van der Waals surface area contributed by atoms with E-state index in [9.17, 15) is 13.6 Å². The lowest BCUT2D eigenvalue weighted by molar-refractivity contribution is 0.0541. The Morgan fingerprint density at radius 1 is 1.59 bits per heavy atom. The highest BCUT2D eigenvalue weighted by Crippen LogP contribution is 2.18. The van der Waals surface area contributed by atoms with Crippen LogP contribution in [-0.2, 0) is 16.0 Å². The molecular weight excluding hydrogens is 246 g/mol. The Balaban J connectivity index is 2.88. The molecule has 0 fully saturated rings. The van der Waals surface area contributed by atoms with Crippen LogP contribution in [0.2, 0.25) is 0 Å². The second-order valence-corrected chi connectivity index (χ2v) is 5.01. The largest absolute Gasteiger partial charge is 0.755 e. The molecule has 1 aromatic rings. The molecule has 0 aliphatic heterocycles. The molecule has 96 valence electrons. The van der Waals surface area contributed by atoms with E-state index in [1.165, 1.54) is 12.3 Å². The molecule has 1 unspecified atom stereocenters. The van der Waals surface area contributed by atoms with E-state index in [0.717, 1.165) is 4.57 Å². The third-order valence-electron chi connectivity index (χ3n) is 1.64. The summed E-state index contributed by atoms with van der Waals surface area (Å²) in [6.07, 6.45) is 0.582. The van der Waals surface area contributed by atoms with E-state index in [4.69, 9.17) is 10.5 Å². The average molecular weight is 260 g/mol. The first-order chi connectivity index (χ1) is 7.69. The van der Waals surface area contributed by atoms with Crippen LogP contribution in [0.25, 0.3) is 0 Å². The van der Waals surface area contributed by atoms with Crippen LogP contribution >= 0.6 is 0 Å². The summed E-state index contributed by atoms with van der Waals surface area (Å²) >= 11 is -2.46. The Bertz CT molecular complexity index is 450. The van der Waals surface area contributed by atoms with Gasteiger partial charge in [0.1, 0.15) is 11.4 Å². The van der Waals surface area contributed by atoms with Gasteiger partial charge in [0.25, 0.3) is 0 Å². The van der Waals surface area contributed by atoms with Crippen LogP contribution in [-0.4, -0.2) is 25.0 Å². The summed E-state index contributed by atoms with van der Waals surface area (Å²) < 4.78 is 29.0. The van der Waals surface area contributed by atoms with Gasteiger partial charge in [-0.1, -0.05) is 0 Å². The summed E-state index contributed by atoms with van der Waals surface area (Å²) in [6.45, 7) is 5.16. The molecule has 0 saturated heterocycles. The number of aromatic nitrogens is 1. The molecule has 0 bridgehead atoms. The number of nitrogens with zero attached hydrogens (tertiary/aromatic N) is 1. The monoisotopic (exact) mass is 260 g/mol. The molecule has 0 aliphatic rings.